The normalized spacial score (nSPS) is 17.5. The molecule has 3 heteroatoms. The molecule has 118 valence electrons. The summed E-state index contributed by atoms with van der Waals surface area (Å²) in [5, 5.41) is 3.16. The average molecular weight is 289 g/mol. The maximum Gasteiger partial charge on any atom is 0.0403 e. The predicted molar refractivity (Wildman–Crippen MR) is 89.3 cm³/mol. The first-order valence-electron chi connectivity index (χ1n) is 8.48. The molecule has 21 heavy (non-hydrogen) atoms. The van der Waals surface area contributed by atoms with Gasteiger partial charge in [0.25, 0.3) is 0 Å². The molecular weight excluding hydrogens is 258 g/mol. The molecule has 0 amide bonds. The van der Waals surface area contributed by atoms with E-state index >= 15 is 0 Å². The first-order valence-corrected chi connectivity index (χ1v) is 8.48. The van der Waals surface area contributed by atoms with Crippen molar-refractivity contribution in [3.63, 3.8) is 0 Å². The van der Waals surface area contributed by atoms with Gasteiger partial charge in [0.1, 0.15) is 0 Å². The van der Waals surface area contributed by atoms with E-state index in [1.165, 1.54) is 50.2 Å². The second-order valence-corrected chi connectivity index (χ2v) is 6.86. The highest BCUT2D eigenvalue weighted by atomic mass is 15.1. The minimum absolute atomic E-state index is 0.793. The van der Waals surface area contributed by atoms with Crippen LogP contribution in [-0.4, -0.2) is 36.6 Å². The smallest absolute Gasteiger partial charge is 0.0403 e. The van der Waals surface area contributed by atoms with E-state index in [0.717, 1.165) is 24.8 Å². The summed E-state index contributed by atoms with van der Waals surface area (Å²) in [5.74, 6) is 1.69. The third kappa shape index (κ3) is 5.76. The van der Waals surface area contributed by atoms with Crippen LogP contribution in [0.3, 0.4) is 0 Å². The Kier molecular flexibility index (Phi) is 6.65. The van der Waals surface area contributed by atoms with Gasteiger partial charge >= 0.3 is 0 Å². The van der Waals surface area contributed by atoms with Gasteiger partial charge in [-0.2, -0.15) is 0 Å². The van der Waals surface area contributed by atoms with E-state index in [-0.39, 0.29) is 0 Å². The van der Waals surface area contributed by atoms with E-state index in [2.05, 4.69) is 41.2 Å². The number of aromatic nitrogens is 1. The molecule has 1 aromatic rings. The third-order valence-electron chi connectivity index (χ3n) is 4.41. The molecule has 0 aliphatic carbocycles. The molecule has 0 radical (unpaired) electrons. The van der Waals surface area contributed by atoms with Gasteiger partial charge in [-0.3, -0.25) is 4.98 Å². The molecule has 3 nitrogen and oxygen atoms in total. The fraction of sp³-hybridized carbons (Fsp3) is 0.722. The highest BCUT2D eigenvalue weighted by Gasteiger charge is 2.19. The average Bonchev–Trinajstić information content (AvgIpc) is 2.48. The standard InChI is InChI=1S/C18H31N3/c1-15(2)14-21-10-8-16(9-11-21)4-6-18-7-5-17(12-19-3)13-20-18/h5,7,13,15-16,19H,4,6,8-12,14H2,1-3H3. The zero-order valence-corrected chi connectivity index (χ0v) is 13.9. The van der Waals surface area contributed by atoms with Crippen LogP contribution in [0, 0.1) is 11.8 Å². The molecule has 0 aromatic carbocycles. The lowest BCUT2D eigenvalue weighted by atomic mass is 9.91. The quantitative estimate of drug-likeness (QED) is 0.836. The van der Waals surface area contributed by atoms with Crippen molar-refractivity contribution in [1.29, 1.82) is 0 Å². The van der Waals surface area contributed by atoms with E-state index in [1.54, 1.807) is 0 Å². The van der Waals surface area contributed by atoms with Gasteiger partial charge < -0.3 is 10.2 Å². The Morgan fingerprint density at radius 2 is 2.05 bits per heavy atom. The monoisotopic (exact) mass is 289 g/mol. The van der Waals surface area contributed by atoms with Gasteiger partial charge in [0.05, 0.1) is 0 Å². The molecule has 1 aromatic heterocycles. The van der Waals surface area contributed by atoms with Crippen LogP contribution in [0.15, 0.2) is 18.3 Å². The summed E-state index contributed by atoms with van der Waals surface area (Å²) < 4.78 is 0. The third-order valence-corrected chi connectivity index (χ3v) is 4.41. The summed E-state index contributed by atoms with van der Waals surface area (Å²) in [7, 11) is 1.97. The Hall–Kier alpha value is -0.930. The fourth-order valence-corrected chi connectivity index (χ4v) is 3.24. The molecular formula is C18H31N3. The molecule has 0 saturated carbocycles. The summed E-state index contributed by atoms with van der Waals surface area (Å²) >= 11 is 0. The van der Waals surface area contributed by atoms with E-state index < -0.39 is 0 Å². The minimum Gasteiger partial charge on any atom is -0.316 e. The summed E-state index contributed by atoms with van der Waals surface area (Å²) in [4.78, 5) is 7.22. The van der Waals surface area contributed by atoms with Crippen LogP contribution in [-0.2, 0) is 13.0 Å². The molecule has 0 unspecified atom stereocenters. The van der Waals surface area contributed by atoms with Crippen LogP contribution < -0.4 is 5.32 Å². The van der Waals surface area contributed by atoms with Gasteiger partial charge in [0.2, 0.25) is 0 Å². The summed E-state index contributed by atoms with van der Waals surface area (Å²) in [6.07, 6.45) is 7.18. The SMILES string of the molecule is CNCc1ccc(CCC2CCN(CC(C)C)CC2)nc1. The van der Waals surface area contributed by atoms with E-state index in [4.69, 9.17) is 0 Å². The number of rotatable bonds is 7. The molecule has 2 heterocycles. The molecule has 0 spiro atoms. The van der Waals surface area contributed by atoms with Crippen molar-refractivity contribution in [2.75, 3.05) is 26.7 Å². The Morgan fingerprint density at radius 1 is 1.29 bits per heavy atom. The van der Waals surface area contributed by atoms with E-state index in [0.29, 0.717) is 0 Å². The molecule has 2 rings (SSSR count). The number of piperidine rings is 1. The van der Waals surface area contributed by atoms with Crippen LogP contribution in [0.1, 0.15) is 44.4 Å². The number of pyridine rings is 1. The molecule has 1 saturated heterocycles. The van der Waals surface area contributed by atoms with Crippen LogP contribution in [0.4, 0.5) is 0 Å². The fourth-order valence-electron chi connectivity index (χ4n) is 3.24. The van der Waals surface area contributed by atoms with Gasteiger partial charge in [-0.05, 0) is 69.3 Å². The molecule has 1 aliphatic heterocycles. The lowest BCUT2D eigenvalue weighted by Gasteiger charge is -2.33. The second kappa shape index (κ2) is 8.50. The van der Waals surface area contributed by atoms with Crippen LogP contribution in [0.5, 0.6) is 0 Å². The van der Waals surface area contributed by atoms with Crippen molar-refractivity contribution in [1.82, 2.24) is 15.2 Å². The second-order valence-electron chi connectivity index (χ2n) is 6.86. The Morgan fingerprint density at radius 3 is 2.62 bits per heavy atom. The summed E-state index contributed by atoms with van der Waals surface area (Å²) in [6, 6.07) is 4.39. The number of hydrogen-bond donors (Lipinski definition) is 1. The number of hydrogen-bond acceptors (Lipinski definition) is 3. The van der Waals surface area contributed by atoms with Crippen molar-refractivity contribution < 1.29 is 0 Å². The Balaban J connectivity index is 1.69. The van der Waals surface area contributed by atoms with Gasteiger partial charge in [0.15, 0.2) is 0 Å². The Labute approximate surface area is 130 Å². The maximum atomic E-state index is 4.59. The summed E-state index contributed by atoms with van der Waals surface area (Å²) in [6.45, 7) is 9.38. The zero-order chi connectivity index (χ0) is 15.1. The zero-order valence-electron chi connectivity index (χ0n) is 13.9. The van der Waals surface area contributed by atoms with E-state index in [1.807, 2.05) is 13.2 Å². The van der Waals surface area contributed by atoms with Gasteiger partial charge in [-0.25, -0.2) is 0 Å². The molecule has 1 N–H and O–H groups in total. The molecule has 1 fully saturated rings. The van der Waals surface area contributed by atoms with Gasteiger partial charge in [-0.15, -0.1) is 0 Å². The van der Waals surface area contributed by atoms with Crippen LogP contribution >= 0.6 is 0 Å². The number of nitrogens with zero attached hydrogens (tertiary/aromatic N) is 2. The number of aryl methyl sites for hydroxylation is 1. The van der Waals surface area contributed by atoms with Crippen LogP contribution in [0.25, 0.3) is 0 Å². The van der Waals surface area contributed by atoms with Crippen LogP contribution in [0.2, 0.25) is 0 Å². The van der Waals surface area contributed by atoms with Crippen molar-refractivity contribution in [3.05, 3.63) is 29.6 Å². The first-order chi connectivity index (χ1) is 10.2. The van der Waals surface area contributed by atoms with Gasteiger partial charge in [-0.1, -0.05) is 19.9 Å². The predicted octanol–water partition coefficient (Wildman–Crippen LogP) is 3.10. The maximum absolute atomic E-state index is 4.59. The highest BCUT2D eigenvalue weighted by Crippen LogP contribution is 2.22. The lowest BCUT2D eigenvalue weighted by molar-refractivity contribution is 0.163. The van der Waals surface area contributed by atoms with Crippen molar-refractivity contribution in [3.8, 4) is 0 Å². The minimum atomic E-state index is 0.793. The van der Waals surface area contributed by atoms with E-state index in [9.17, 15) is 0 Å². The topological polar surface area (TPSA) is 28.2 Å². The molecule has 1 aliphatic rings. The van der Waals surface area contributed by atoms with Gasteiger partial charge in [0, 0.05) is 25.0 Å². The van der Waals surface area contributed by atoms with Crippen molar-refractivity contribution in [2.24, 2.45) is 11.8 Å². The first kappa shape index (κ1) is 16.4. The Bertz CT molecular complexity index is 391. The van der Waals surface area contributed by atoms with Crippen molar-refractivity contribution >= 4 is 0 Å². The molecule has 0 bridgehead atoms. The lowest BCUT2D eigenvalue weighted by Crippen LogP contribution is -2.36. The number of likely N-dealkylation sites (tertiary alicyclic amines) is 1. The molecule has 0 atom stereocenters. The summed E-state index contributed by atoms with van der Waals surface area (Å²) in [5.41, 5.74) is 2.52. The van der Waals surface area contributed by atoms with Crippen molar-refractivity contribution in [2.45, 2.75) is 46.1 Å². The highest BCUT2D eigenvalue weighted by molar-refractivity contribution is 5.14. The largest absolute Gasteiger partial charge is 0.316 e. The number of nitrogens with one attached hydrogen (secondary N) is 1.